The number of fused-ring (bicyclic) bond motifs is 2. The molecule has 3 N–H and O–H groups in total. The Hall–Kier alpha value is -2.37. The lowest BCUT2D eigenvalue weighted by atomic mass is 9.49. The minimum absolute atomic E-state index is 0.0680. The van der Waals surface area contributed by atoms with Gasteiger partial charge in [0, 0.05) is 24.2 Å². The SMILES string of the molecule is C=Cc1ccc(C)cc1C[C@@]1(O)CC[C@]2(C)[C@@H](O[Si](C)(C)C(C)(C)C)CC[C@H]2[C@@]1(C)C=C.C=Cc1ccc(C)cc1C[C@@]1(O)CC[C@]2(C)[C@@H](O[Si](C)(C)C(C)(C)C)CC[C@H]2[C@@]1(O)C=C. The van der Waals surface area contributed by atoms with Crippen molar-refractivity contribution in [3.63, 3.8) is 0 Å². The number of hydrogen-bond donors (Lipinski definition) is 3. The average Bonchev–Trinajstić information content (AvgIpc) is 3.70. The topological polar surface area (TPSA) is 79.2 Å². The second-order valence-corrected chi connectivity index (χ2v) is 34.3. The van der Waals surface area contributed by atoms with Crippen LogP contribution in [0.4, 0.5) is 0 Å². The van der Waals surface area contributed by atoms with E-state index in [1.54, 1.807) is 6.08 Å². The Bertz CT molecular complexity index is 1910. The van der Waals surface area contributed by atoms with Gasteiger partial charge in [-0.3, -0.25) is 0 Å². The molecule has 4 aliphatic carbocycles. The molecule has 5 nitrogen and oxygen atoms in total. The van der Waals surface area contributed by atoms with Crippen LogP contribution in [-0.4, -0.2) is 61.0 Å². The van der Waals surface area contributed by atoms with E-state index < -0.39 is 33.4 Å². The van der Waals surface area contributed by atoms with Crippen molar-refractivity contribution in [2.45, 2.75) is 206 Å². The van der Waals surface area contributed by atoms with Gasteiger partial charge in [0.2, 0.25) is 0 Å². The monoisotopic (exact) mass is 911 g/mol. The van der Waals surface area contributed by atoms with Crippen LogP contribution in [0.1, 0.15) is 147 Å². The molecule has 0 amide bonds. The van der Waals surface area contributed by atoms with Gasteiger partial charge in [0.1, 0.15) is 11.2 Å². The minimum Gasteiger partial charge on any atom is -0.413 e. The quantitative estimate of drug-likeness (QED) is 0.146. The second-order valence-electron chi connectivity index (χ2n) is 24.8. The fourth-order valence-corrected chi connectivity index (χ4v) is 15.2. The zero-order valence-electron chi connectivity index (χ0n) is 43.1. The Morgan fingerprint density at radius 1 is 0.594 bits per heavy atom. The molecular formula is C57H90O5Si2. The lowest BCUT2D eigenvalue weighted by Crippen LogP contribution is -2.66. The summed E-state index contributed by atoms with van der Waals surface area (Å²) in [5.41, 5.74) is 2.76. The number of benzene rings is 2. The Labute approximate surface area is 393 Å². The molecule has 10 atom stereocenters. The number of aliphatic hydroxyl groups is 3. The normalized spacial score (nSPS) is 35.4. The molecule has 0 heterocycles. The molecule has 0 unspecified atom stereocenters. The fourth-order valence-electron chi connectivity index (χ4n) is 12.3. The molecule has 0 bridgehead atoms. The van der Waals surface area contributed by atoms with Crippen molar-refractivity contribution >= 4 is 28.8 Å². The van der Waals surface area contributed by atoms with E-state index in [4.69, 9.17) is 8.85 Å². The predicted molar refractivity (Wildman–Crippen MR) is 278 cm³/mol. The molecule has 0 aliphatic heterocycles. The van der Waals surface area contributed by atoms with Crippen LogP contribution in [0.3, 0.4) is 0 Å². The summed E-state index contributed by atoms with van der Waals surface area (Å²) >= 11 is 0. The first kappa shape index (κ1) is 52.6. The molecule has 2 aromatic carbocycles. The molecule has 356 valence electrons. The Morgan fingerprint density at radius 3 is 1.38 bits per heavy atom. The maximum Gasteiger partial charge on any atom is 0.192 e. The van der Waals surface area contributed by atoms with E-state index in [0.717, 1.165) is 67.2 Å². The molecule has 0 spiro atoms. The molecule has 7 heteroatoms. The van der Waals surface area contributed by atoms with E-state index in [2.05, 4.69) is 165 Å². The Kier molecular flexibility index (Phi) is 14.7. The van der Waals surface area contributed by atoms with Crippen LogP contribution in [0.25, 0.3) is 12.2 Å². The van der Waals surface area contributed by atoms with Crippen molar-refractivity contribution in [3.05, 3.63) is 108 Å². The highest BCUT2D eigenvalue weighted by Gasteiger charge is 2.67. The van der Waals surface area contributed by atoms with E-state index in [-0.39, 0.29) is 44.4 Å². The zero-order valence-corrected chi connectivity index (χ0v) is 45.1. The summed E-state index contributed by atoms with van der Waals surface area (Å²) in [5, 5.41) is 36.6. The molecule has 0 aromatic heterocycles. The molecule has 64 heavy (non-hydrogen) atoms. The van der Waals surface area contributed by atoms with Gasteiger partial charge in [0.05, 0.1) is 17.8 Å². The highest BCUT2D eigenvalue weighted by molar-refractivity contribution is 6.74. The summed E-state index contributed by atoms with van der Waals surface area (Å²) in [6.07, 6.45) is 15.8. The van der Waals surface area contributed by atoms with E-state index in [1.807, 2.05) is 18.2 Å². The summed E-state index contributed by atoms with van der Waals surface area (Å²) in [5.74, 6) is 0.274. The van der Waals surface area contributed by atoms with E-state index in [9.17, 15) is 15.3 Å². The van der Waals surface area contributed by atoms with E-state index >= 15 is 0 Å². The molecule has 0 radical (unpaired) electrons. The largest absolute Gasteiger partial charge is 0.413 e. The third kappa shape index (κ3) is 9.16. The van der Waals surface area contributed by atoms with Crippen LogP contribution in [0, 0.1) is 41.9 Å². The van der Waals surface area contributed by atoms with Crippen LogP contribution >= 0.6 is 0 Å². The molecule has 4 fully saturated rings. The van der Waals surface area contributed by atoms with Crippen LogP contribution in [-0.2, 0) is 21.7 Å². The third-order valence-corrected chi connectivity index (χ3v) is 27.9. The summed E-state index contributed by atoms with van der Waals surface area (Å²) in [4.78, 5) is 0. The van der Waals surface area contributed by atoms with Crippen molar-refractivity contribution in [2.75, 3.05) is 0 Å². The third-order valence-electron chi connectivity index (χ3n) is 18.9. The fraction of sp³-hybridized carbons (Fsp3) is 0.649. The van der Waals surface area contributed by atoms with Crippen molar-refractivity contribution < 1.29 is 24.2 Å². The molecule has 0 saturated heterocycles. The maximum absolute atomic E-state index is 12.2. The van der Waals surface area contributed by atoms with Gasteiger partial charge in [0.25, 0.3) is 0 Å². The number of rotatable bonds is 12. The van der Waals surface area contributed by atoms with Gasteiger partial charge < -0.3 is 24.2 Å². The van der Waals surface area contributed by atoms with Crippen molar-refractivity contribution in [1.29, 1.82) is 0 Å². The second kappa shape index (κ2) is 17.9. The minimum atomic E-state index is -1.95. The smallest absolute Gasteiger partial charge is 0.192 e. The van der Waals surface area contributed by atoms with Crippen molar-refractivity contribution in [1.82, 2.24) is 0 Å². The van der Waals surface area contributed by atoms with Gasteiger partial charge in [-0.15, -0.1) is 13.2 Å². The first-order valence-electron chi connectivity index (χ1n) is 24.5. The summed E-state index contributed by atoms with van der Waals surface area (Å²) in [6.45, 7) is 50.5. The van der Waals surface area contributed by atoms with Gasteiger partial charge in [0.15, 0.2) is 16.6 Å². The number of hydrogen-bond acceptors (Lipinski definition) is 5. The van der Waals surface area contributed by atoms with Crippen LogP contribution in [0.5, 0.6) is 0 Å². The Morgan fingerprint density at radius 2 is 0.984 bits per heavy atom. The van der Waals surface area contributed by atoms with Crippen LogP contribution in [0.15, 0.2) is 74.9 Å². The van der Waals surface area contributed by atoms with Gasteiger partial charge in [-0.25, -0.2) is 0 Å². The first-order valence-corrected chi connectivity index (χ1v) is 30.3. The van der Waals surface area contributed by atoms with Crippen molar-refractivity contribution in [2.24, 2.45) is 28.1 Å². The van der Waals surface area contributed by atoms with Crippen LogP contribution < -0.4 is 0 Å². The standard InChI is InChI=1S/C29H46O2Si.C28H44O3Si/c1-11-22-14-13-21(3)19-23(22)20-29(30)18-17-27(7)24(28(29,8)12-2)15-16-25(27)31-32(9,10)26(4,5)6;1-10-21-13-12-20(3)18-22(21)19-27(29)17-16-26(7)23(28(27,30)11-2)14-15-24(26)31-32(8,9)25(4,5)6/h11-14,19,24-25,30H,1-2,15-18,20H2,3-10H3;10-13,18,23-24,29-30H,1-2,14-17,19H2,3-9H3/t24-,25+,27+,28-,29+;23-,24+,26+,27+,28+/m11/s1. The molecule has 6 rings (SSSR count). The lowest BCUT2D eigenvalue weighted by Gasteiger charge is -2.58. The number of aryl methyl sites for hydroxylation is 2. The molecule has 4 aliphatic rings. The van der Waals surface area contributed by atoms with Gasteiger partial charge in [-0.1, -0.05) is 147 Å². The zero-order chi connectivity index (χ0) is 48.3. The van der Waals surface area contributed by atoms with E-state index in [1.165, 1.54) is 11.1 Å². The lowest BCUT2D eigenvalue weighted by molar-refractivity contribution is -0.210. The van der Waals surface area contributed by atoms with Crippen molar-refractivity contribution in [3.8, 4) is 0 Å². The maximum atomic E-state index is 12.2. The van der Waals surface area contributed by atoms with Gasteiger partial charge in [-0.05, 0) is 140 Å². The summed E-state index contributed by atoms with van der Waals surface area (Å²) in [6, 6.07) is 12.7. The molecule has 2 aromatic rings. The average molecular weight is 912 g/mol. The van der Waals surface area contributed by atoms with Crippen LogP contribution in [0.2, 0.25) is 36.3 Å². The summed E-state index contributed by atoms with van der Waals surface area (Å²) in [7, 11) is -3.81. The molecular weight excluding hydrogens is 821 g/mol. The van der Waals surface area contributed by atoms with Gasteiger partial charge in [-0.2, -0.15) is 0 Å². The highest BCUT2D eigenvalue weighted by Crippen LogP contribution is 2.65. The highest BCUT2D eigenvalue weighted by atomic mass is 28.4. The first-order chi connectivity index (χ1) is 29.3. The van der Waals surface area contributed by atoms with E-state index in [0.29, 0.717) is 25.2 Å². The summed E-state index contributed by atoms with van der Waals surface area (Å²) < 4.78 is 13.9. The Balaban J connectivity index is 0.000000241. The molecule has 4 saturated carbocycles. The predicted octanol–water partition coefficient (Wildman–Crippen LogP) is 14.1. The van der Waals surface area contributed by atoms with Gasteiger partial charge >= 0.3 is 0 Å².